The highest BCUT2D eigenvalue weighted by molar-refractivity contribution is 7.90. The minimum absolute atomic E-state index is 0.208. The Labute approximate surface area is 129 Å². The fourth-order valence-electron chi connectivity index (χ4n) is 2.25. The minimum Gasteiger partial charge on any atom is -0.260 e. The highest BCUT2D eigenvalue weighted by Gasteiger charge is 2.28. The summed E-state index contributed by atoms with van der Waals surface area (Å²) >= 11 is 0. The molecule has 3 rings (SSSR count). The second-order valence-electron chi connectivity index (χ2n) is 5.14. The van der Waals surface area contributed by atoms with Crippen molar-refractivity contribution in [3.63, 3.8) is 0 Å². The summed E-state index contributed by atoms with van der Waals surface area (Å²) in [5.41, 5.74) is 6.48. The standard InChI is InChI=1S/C16H15N3O2S/c1-11-7-8-12(2)13(9-11)10-17-18-16-14-5-3-4-6-15(14)22(20,21)19-16/h3-10H,1-2H3,(H,18,19)/b17-10+. The van der Waals surface area contributed by atoms with Gasteiger partial charge in [-0.3, -0.25) is 5.43 Å². The molecule has 112 valence electrons. The van der Waals surface area contributed by atoms with E-state index in [-0.39, 0.29) is 10.7 Å². The van der Waals surface area contributed by atoms with Crippen LogP contribution in [-0.2, 0) is 10.0 Å². The summed E-state index contributed by atoms with van der Waals surface area (Å²) in [4.78, 5) is 0.208. The Balaban J connectivity index is 1.86. The smallest absolute Gasteiger partial charge is 0.260 e. The van der Waals surface area contributed by atoms with Gasteiger partial charge in [-0.1, -0.05) is 35.9 Å². The lowest BCUT2D eigenvalue weighted by molar-refractivity contribution is 0.599. The fraction of sp³-hybridized carbons (Fsp3) is 0.125. The van der Waals surface area contributed by atoms with Crippen LogP contribution >= 0.6 is 0 Å². The quantitative estimate of drug-likeness (QED) is 0.683. The highest BCUT2D eigenvalue weighted by Crippen LogP contribution is 2.24. The van der Waals surface area contributed by atoms with Gasteiger partial charge in [-0.05, 0) is 37.1 Å². The van der Waals surface area contributed by atoms with Crippen molar-refractivity contribution in [1.82, 2.24) is 5.43 Å². The van der Waals surface area contributed by atoms with Crippen molar-refractivity contribution in [2.75, 3.05) is 0 Å². The Morgan fingerprint density at radius 3 is 2.73 bits per heavy atom. The first-order valence-electron chi connectivity index (χ1n) is 6.78. The molecule has 0 fully saturated rings. The molecule has 0 aliphatic carbocycles. The number of hydrazone groups is 1. The van der Waals surface area contributed by atoms with E-state index in [1.54, 1.807) is 24.4 Å². The third kappa shape index (κ3) is 2.65. The van der Waals surface area contributed by atoms with Crippen molar-refractivity contribution >= 4 is 22.1 Å². The van der Waals surface area contributed by atoms with Gasteiger partial charge >= 0.3 is 0 Å². The van der Waals surface area contributed by atoms with Gasteiger partial charge in [0.25, 0.3) is 10.0 Å². The van der Waals surface area contributed by atoms with Gasteiger partial charge in [0.15, 0.2) is 5.84 Å². The normalized spacial score (nSPS) is 15.6. The van der Waals surface area contributed by atoms with E-state index in [2.05, 4.69) is 14.9 Å². The maximum absolute atomic E-state index is 11.9. The molecule has 0 radical (unpaired) electrons. The first kappa shape index (κ1) is 14.5. The van der Waals surface area contributed by atoms with Crippen molar-refractivity contribution in [1.29, 1.82) is 0 Å². The van der Waals surface area contributed by atoms with E-state index in [1.807, 2.05) is 32.0 Å². The fourth-order valence-corrected chi connectivity index (χ4v) is 3.42. The SMILES string of the molecule is Cc1ccc(C)c(/C=N/NC2=NS(=O)(=O)c3ccccc32)c1. The van der Waals surface area contributed by atoms with Gasteiger partial charge < -0.3 is 0 Å². The van der Waals surface area contributed by atoms with Crippen LogP contribution in [0.2, 0.25) is 0 Å². The molecule has 0 aromatic heterocycles. The maximum Gasteiger partial charge on any atom is 0.285 e. The van der Waals surface area contributed by atoms with Gasteiger partial charge in [0.2, 0.25) is 0 Å². The van der Waals surface area contributed by atoms with Crippen molar-refractivity contribution < 1.29 is 8.42 Å². The number of fused-ring (bicyclic) bond motifs is 1. The molecule has 1 aliphatic heterocycles. The highest BCUT2D eigenvalue weighted by atomic mass is 32.2. The number of sulfonamides is 1. The molecule has 0 unspecified atom stereocenters. The molecular formula is C16H15N3O2S. The zero-order valence-electron chi connectivity index (χ0n) is 12.2. The Bertz CT molecular complexity index is 899. The van der Waals surface area contributed by atoms with Crippen LogP contribution in [0.4, 0.5) is 0 Å². The second kappa shape index (κ2) is 5.38. The zero-order valence-corrected chi connectivity index (χ0v) is 13.1. The van der Waals surface area contributed by atoms with Gasteiger partial charge in [-0.2, -0.15) is 13.5 Å². The number of nitrogens with zero attached hydrogens (tertiary/aromatic N) is 2. The third-order valence-corrected chi connectivity index (χ3v) is 4.78. The lowest BCUT2D eigenvalue weighted by Crippen LogP contribution is -2.17. The largest absolute Gasteiger partial charge is 0.285 e. The number of rotatable bonds is 2. The second-order valence-corrected chi connectivity index (χ2v) is 6.71. The molecule has 0 amide bonds. The van der Waals surface area contributed by atoms with Crippen LogP contribution in [0.25, 0.3) is 0 Å². The lowest BCUT2D eigenvalue weighted by Gasteiger charge is -2.03. The number of benzene rings is 2. The van der Waals surface area contributed by atoms with Gasteiger partial charge in [-0.25, -0.2) is 0 Å². The van der Waals surface area contributed by atoms with E-state index in [9.17, 15) is 8.42 Å². The number of hydrogen-bond acceptors (Lipinski definition) is 4. The average Bonchev–Trinajstić information content (AvgIpc) is 2.75. The van der Waals surface area contributed by atoms with E-state index in [4.69, 9.17) is 0 Å². The van der Waals surface area contributed by atoms with Crippen LogP contribution in [0.1, 0.15) is 22.3 Å². The van der Waals surface area contributed by atoms with Gasteiger partial charge in [-0.15, -0.1) is 4.40 Å². The first-order valence-corrected chi connectivity index (χ1v) is 8.22. The zero-order chi connectivity index (χ0) is 15.7. The molecule has 1 N–H and O–H groups in total. The van der Waals surface area contributed by atoms with Gasteiger partial charge in [0.05, 0.1) is 6.21 Å². The number of hydrogen-bond donors (Lipinski definition) is 1. The molecule has 22 heavy (non-hydrogen) atoms. The molecule has 0 bridgehead atoms. The van der Waals surface area contributed by atoms with E-state index in [0.717, 1.165) is 16.7 Å². The van der Waals surface area contributed by atoms with E-state index >= 15 is 0 Å². The molecule has 0 saturated carbocycles. The van der Waals surface area contributed by atoms with Crippen LogP contribution in [0, 0.1) is 13.8 Å². The molecule has 0 spiro atoms. The predicted octanol–water partition coefficient (Wildman–Crippen LogP) is 2.38. The molecule has 2 aromatic rings. The predicted molar refractivity (Wildman–Crippen MR) is 86.8 cm³/mol. The third-order valence-electron chi connectivity index (χ3n) is 3.44. The minimum atomic E-state index is -3.61. The Morgan fingerprint density at radius 1 is 1.14 bits per heavy atom. The van der Waals surface area contributed by atoms with Crippen LogP contribution in [0.15, 0.2) is 56.9 Å². The first-order chi connectivity index (χ1) is 10.5. The molecule has 1 aliphatic rings. The molecule has 2 aromatic carbocycles. The van der Waals surface area contributed by atoms with Crippen LogP contribution in [0.3, 0.4) is 0 Å². The van der Waals surface area contributed by atoms with Crippen molar-refractivity contribution in [2.24, 2.45) is 9.50 Å². The summed E-state index contributed by atoms with van der Waals surface area (Å²) in [5, 5.41) is 4.12. The van der Waals surface area contributed by atoms with Crippen molar-refractivity contribution in [3.05, 3.63) is 64.7 Å². The molecule has 6 heteroatoms. The molecule has 0 atom stereocenters. The summed E-state index contributed by atoms with van der Waals surface area (Å²) in [6, 6.07) is 12.8. The number of aryl methyl sites for hydroxylation is 2. The molecule has 0 saturated heterocycles. The Morgan fingerprint density at radius 2 is 1.91 bits per heavy atom. The van der Waals surface area contributed by atoms with Gasteiger partial charge in [0.1, 0.15) is 4.90 Å². The Kier molecular flexibility index (Phi) is 3.54. The van der Waals surface area contributed by atoms with E-state index in [1.165, 1.54) is 6.07 Å². The topological polar surface area (TPSA) is 70.9 Å². The average molecular weight is 313 g/mol. The Hall–Kier alpha value is -2.47. The maximum atomic E-state index is 11.9. The summed E-state index contributed by atoms with van der Waals surface area (Å²) in [7, 11) is -3.61. The van der Waals surface area contributed by atoms with E-state index < -0.39 is 10.0 Å². The van der Waals surface area contributed by atoms with E-state index in [0.29, 0.717) is 5.56 Å². The van der Waals surface area contributed by atoms with Crippen LogP contribution < -0.4 is 5.43 Å². The van der Waals surface area contributed by atoms with Crippen LogP contribution in [0.5, 0.6) is 0 Å². The molecule has 1 heterocycles. The van der Waals surface area contributed by atoms with Crippen molar-refractivity contribution in [3.8, 4) is 0 Å². The van der Waals surface area contributed by atoms with Gasteiger partial charge in [0, 0.05) is 5.56 Å². The van der Waals surface area contributed by atoms with Crippen LogP contribution in [-0.4, -0.2) is 20.5 Å². The number of nitrogens with one attached hydrogen (secondary N) is 1. The lowest BCUT2D eigenvalue weighted by atomic mass is 10.1. The summed E-state index contributed by atoms with van der Waals surface area (Å²) in [6.45, 7) is 4.00. The number of amidine groups is 1. The summed E-state index contributed by atoms with van der Waals surface area (Å²) < 4.78 is 27.6. The summed E-state index contributed by atoms with van der Waals surface area (Å²) in [5.74, 6) is 0.247. The molecular weight excluding hydrogens is 298 g/mol. The monoisotopic (exact) mass is 313 g/mol. The summed E-state index contributed by atoms with van der Waals surface area (Å²) in [6.07, 6.45) is 1.67. The van der Waals surface area contributed by atoms with Crippen molar-refractivity contribution in [2.45, 2.75) is 18.7 Å². The molecule has 5 nitrogen and oxygen atoms in total.